The molecule has 0 saturated heterocycles. The molecule has 100 valence electrons. The quantitative estimate of drug-likeness (QED) is 0.579. The highest BCUT2D eigenvalue weighted by Gasteiger charge is 2.14. The first-order chi connectivity index (χ1) is 9.04. The van der Waals surface area contributed by atoms with Crippen molar-refractivity contribution in [2.24, 2.45) is 5.73 Å². The summed E-state index contributed by atoms with van der Waals surface area (Å²) in [4.78, 5) is 12.4. The van der Waals surface area contributed by atoms with Crippen molar-refractivity contribution in [3.63, 3.8) is 0 Å². The van der Waals surface area contributed by atoms with Crippen molar-refractivity contribution >= 4 is 17.6 Å². The molecule has 0 radical (unpaired) electrons. The number of hydrogen-bond acceptors (Lipinski definition) is 4. The Hall–Kier alpha value is -2.02. The summed E-state index contributed by atoms with van der Waals surface area (Å²) in [5.74, 6) is 0.00660. The second kappa shape index (κ2) is 5.31. The van der Waals surface area contributed by atoms with Gasteiger partial charge in [-0.05, 0) is 31.2 Å². The van der Waals surface area contributed by atoms with Crippen molar-refractivity contribution in [2.75, 3.05) is 0 Å². The van der Waals surface area contributed by atoms with Crippen LogP contribution in [-0.2, 0) is 6.54 Å². The van der Waals surface area contributed by atoms with Crippen LogP contribution in [0.1, 0.15) is 18.1 Å². The number of aromatic amines is 1. The summed E-state index contributed by atoms with van der Waals surface area (Å²) < 4.78 is 1.54. The minimum absolute atomic E-state index is 0.00660. The molecule has 0 bridgehead atoms. The number of nitrogens with two attached hydrogens (primary N) is 1. The Morgan fingerprint density at radius 1 is 1.58 bits per heavy atom. The Kier molecular flexibility index (Phi) is 3.75. The molecule has 1 aromatic carbocycles. The Morgan fingerprint density at radius 2 is 2.32 bits per heavy atom. The normalized spacial score (nSPS) is 10.6. The van der Waals surface area contributed by atoms with Crippen LogP contribution < -0.4 is 11.4 Å². The van der Waals surface area contributed by atoms with Gasteiger partial charge in [-0.1, -0.05) is 18.2 Å². The van der Waals surface area contributed by atoms with Gasteiger partial charge in [0, 0.05) is 17.0 Å². The molecule has 0 unspecified atom stereocenters. The summed E-state index contributed by atoms with van der Waals surface area (Å²) in [6.45, 7) is 4.36. The second-order valence-corrected chi connectivity index (χ2v) is 5.00. The Bertz CT molecular complexity index is 673. The molecule has 6 nitrogen and oxygen atoms in total. The number of H-pyrrole nitrogens is 1. The number of amidine groups is 1. The molecule has 1 aromatic heterocycles. The van der Waals surface area contributed by atoms with Gasteiger partial charge in [-0.3, -0.25) is 9.98 Å². The third-order valence-electron chi connectivity index (χ3n) is 2.73. The molecule has 2 aromatic rings. The lowest BCUT2D eigenvalue weighted by molar-refractivity contribution is 0.660. The van der Waals surface area contributed by atoms with Gasteiger partial charge in [-0.15, -0.1) is 5.10 Å². The smallest absolute Gasteiger partial charge is 0.343 e. The number of nitrogens with zero attached hydrogens (tertiary/aromatic N) is 2. The van der Waals surface area contributed by atoms with E-state index in [1.54, 1.807) is 10.6 Å². The van der Waals surface area contributed by atoms with E-state index in [1.807, 2.05) is 26.0 Å². The molecular weight excluding hydrogens is 262 g/mol. The molecule has 0 saturated carbocycles. The molecule has 0 fully saturated rings. The molecular formula is C12H15N5OS. The molecule has 7 heteroatoms. The predicted molar refractivity (Wildman–Crippen MR) is 74.8 cm³/mol. The number of rotatable bonds is 4. The highest BCUT2D eigenvalue weighted by molar-refractivity contribution is 7.99. The van der Waals surface area contributed by atoms with E-state index < -0.39 is 0 Å². The third-order valence-corrected chi connectivity index (χ3v) is 3.98. The molecule has 19 heavy (non-hydrogen) atoms. The van der Waals surface area contributed by atoms with E-state index in [2.05, 4.69) is 10.2 Å². The molecule has 0 atom stereocenters. The maximum absolute atomic E-state index is 11.5. The summed E-state index contributed by atoms with van der Waals surface area (Å²) >= 11 is 1.34. The SMILES string of the molecule is CCn1c(Sc2c(C)cccc2C(=N)N)n[nH]c1=O. The zero-order valence-electron chi connectivity index (χ0n) is 10.7. The highest BCUT2D eigenvalue weighted by Crippen LogP contribution is 2.31. The number of aryl methyl sites for hydroxylation is 1. The number of nitrogens with one attached hydrogen (secondary N) is 2. The van der Waals surface area contributed by atoms with Crippen LogP contribution in [0.4, 0.5) is 0 Å². The Balaban J connectivity index is 2.49. The van der Waals surface area contributed by atoms with Crippen LogP contribution in [0.25, 0.3) is 0 Å². The maximum Gasteiger partial charge on any atom is 0.343 e. The first-order valence-corrected chi connectivity index (χ1v) is 6.63. The van der Waals surface area contributed by atoms with Crippen LogP contribution in [0, 0.1) is 12.3 Å². The molecule has 0 amide bonds. The van der Waals surface area contributed by atoms with Gasteiger partial charge < -0.3 is 5.73 Å². The van der Waals surface area contributed by atoms with Gasteiger partial charge in [0.15, 0.2) is 5.16 Å². The fourth-order valence-corrected chi connectivity index (χ4v) is 2.86. The second-order valence-electron chi connectivity index (χ2n) is 4.02. The van der Waals surface area contributed by atoms with E-state index in [-0.39, 0.29) is 11.5 Å². The van der Waals surface area contributed by atoms with Crippen molar-refractivity contribution < 1.29 is 0 Å². The van der Waals surface area contributed by atoms with Crippen LogP contribution >= 0.6 is 11.8 Å². The van der Waals surface area contributed by atoms with Crippen molar-refractivity contribution in [3.05, 3.63) is 39.8 Å². The molecule has 2 rings (SSSR count). The molecule has 0 aliphatic rings. The Labute approximate surface area is 114 Å². The van der Waals surface area contributed by atoms with Gasteiger partial charge in [0.25, 0.3) is 0 Å². The Morgan fingerprint density at radius 3 is 2.95 bits per heavy atom. The number of hydrogen-bond donors (Lipinski definition) is 3. The number of nitrogen functional groups attached to an aromatic ring is 1. The molecule has 0 aliphatic carbocycles. The molecule has 4 N–H and O–H groups in total. The summed E-state index contributed by atoms with van der Waals surface area (Å²) in [6, 6.07) is 5.59. The lowest BCUT2D eigenvalue weighted by Crippen LogP contribution is -2.16. The van der Waals surface area contributed by atoms with E-state index in [4.69, 9.17) is 11.1 Å². The fraction of sp³-hybridized carbons (Fsp3) is 0.250. The van der Waals surface area contributed by atoms with Gasteiger partial charge in [0.05, 0.1) is 0 Å². The summed E-state index contributed by atoms with van der Waals surface area (Å²) in [7, 11) is 0. The summed E-state index contributed by atoms with van der Waals surface area (Å²) in [6.07, 6.45) is 0. The van der Waals surface area contributed by atoms with Crippen molar-refractivity contribution in [1.82, 2.24) is 14.8 Å². The fourth-order valence-electron chi connectivity index (χ4n) is 1.75. The van der Waals surface area contributed by atoms with Crippen LogP contribution in [0.5, 0.6) is 0 Å². The summed E-state index contributed by atoms with van der Waals surface area (Å²) in [5, 5.41) is 14.6. The number of aromatic nitrogens is 3. The van der Waals surface area contributed by atoms with E-state index in [9.17, 15) is 4.79 Å². The first kappa shape index (κ1) is 13.4. The molecule has 0 aliphatic heterocycles. The van der Waals surface area contributed by atoms with E-state index >= 15 is 0 Å². The average Bonchev–Trinajstić information content (AvgIpc) is 2.72. The monoisotopic (exact) mass is 277 g/mol. The minimum Gasteiger partial charge on any atom is -0.384 e. The van der Waals surface area contributed by atoms with E-state index in [0.717, 1.165) is 10.5 Å². The van der Waals surface area contributed by atoms with Crippen LogP contribution in [0.15, 0.2) is 33.0 Å². The third kappa shape index (κ3) is 2.55. The maximum atomic E-state index is 11.5. The zero-order chi connectivity index (χ0) is 14.0. The predicted octanol–water partition coefficient (Wildman–Crippen LogP) is 1.33. The van der Waals surface area contributed by atoms with Crippen LogP contribution in [-0.4, -0.2) is 20.6 Å². The van der Waals surface area contributed by atoms with Gasteiger partial charge in [-0.2, -0.15) is 0 Å². The van der Waals surface area contributed by atoms with Crippen molar-refractivity contribution in [1.29, 1.82) is 5.41 Å². The first-order valence-electron chi connectivity index (χ1n) is 5.81. The van der Waals surface area contributed by atoms with Gasteiger partial charge in [-0.25, -0.2) is 9.89 Å². The summed E-state index contributed by atoms with van der Waals surface area (Å²) in [5.41, 5.74) is 7.00. The van der Waals surface area contributed by atoms with Crippen molar-refractivity contribution in [2.45, 2.75) is 30.4 Å². The van der Waals surface area contributed by atoms with E-state index in [1.165, 1.54) is 11.8 Å². The standard InChI is InChI=1S/C12H15N5OS/c1-3-17-11(18)15-16-12(17)19-9-7(2)5-4-6-8(9)10(13)14/h4-6H,3H2,1-2H3,(H3,13,14)(H,15,18). The molecule has 1 heterocycles. The van der Waals surface area contributed by atoms with E-state index in [0.29, 0.717) is 17.3 Å². The van der Waals surface area contributed by atoms with Crippen molar-refractivity contribution in [3.8, 4) is 0 Å². The lowest BCUT2D eigenvalue weighted by Gasteiger charge is -2.10. The van der Waals surface area contributed by atoms with Crippen LogP contribution in [0.2, 0.25) is 0 Å². The minimum atomic E-state index is -0.233. The molecule has 0 spiro atoms. The highest BCUT2D eigenvalue weighted by atomic mass is 32.2. The average molecular weight is 277 g/mol. The van der Waals surface area contributed by atoms with Gasteiger partial charge in [0.1, 0.15) is 5.84 Å². The van der Waals surface area contributed by atoms with Gasteiger partial charge in [0.2, 0.25) is 0 Å². The largest absolute Gasteiger partial charge is 0.384 e. The number of benzene rings is 1. The lowest BCUT2D eigenvalue weighted by atomic mass is 10.1. The topological polar surface area (TPSA) is 101 Å². The van der Waals surface area contributed by atoms with Crippen LogP contribution in [0.3, 0.4) is 0 Å². The van der Waals surface area contributed by atoms with Gasteiger partial charge >= 0.3 is 5.69 Å². The zero-order valence-corrected chi connectivity index (χ0v) is 11.5.